The zero-order chi connectivity index (χ0) is 21.5. The van der Waals surface area contributed by atoms with E-state index >= 15 is 0 Å². The number of hydrogen-bond donors (Lipinski definition) is 3. The first-order valence-corrected chi connectivity index (χ1v) is 10.7. The summed E-state index contributed by atoms with van der Waals surface area (Å²) in [5, 5.41) is 5.00. The number of nitrogens with one attached hydrogen (secondary N) is 2. The lowest BCUT2D eigenvalue weighted by molar-refractivity contribution is -0.156. The first-order chi connectivity index (χ1) is 14.2. The van der Waals surface area contributed by atoms with E-state index in [0.29, 0.717) is 29.5 Å². The number of aromatic nitrogens is 1. The molecular formula is C23H30N4O3. The number of H-pyrrole nitrogens is 1. The molecule has 1 amide bonds. The second-order valence-electron chi connectivity index (χ2n) is 9.50. The summed E-state index contributed by atoms with van der Waals surface area (Å²) in [7, 11) is 0. The molecule has 2 aliphatic rings. The van der Waals surface area contributed by atoms with Crippen molar-refractivity contribution in [3.63, 3.8) is 0 Å². The Labute approximate surface area is 176 Å². The van der Waals surface area contributed by atoms with Crippen LogP contribution in [0.2, 0.25) is 0 Å². The molecule has 0 bridgehead atoms. The zero-order valence-electron chi connectivity index (χ0n) is 17.9. The molecule has 0 spiro atoms. The average molecular weight is 411 g/mol. The van der Waals surface area contributed by atoms with Crippen LogP contribution in [0.5, 0.6) is 0 Å². The van der Waals surface area contributed by atoms with Gasteiger partial charge in [0, 0.05) is 34.3 Å². The van der Waals surface area contributed by atoms with E-state index in [1.807, 2.05) is 26.8 Å². The van der Waals surface area contributed by atoms with Gasteiger partial charge in [-0.2, -0.15) is 5.10 Å². The summed E-state index contributed by atoms with van der Waals surface area (Å²) < 4.78 is 5.51. The number of carbonyl (C=O) groups is 2. The molecule has 160 valence electrons. The van der Waals surface area contributed by atoms with Gasteiger partial charge in [-0.1, -0.05) is 6.42 Å². The second-order valence-corrected chi connectivity index (χ2v) is 9.50. The van der Waals surface area contributed by atoms with Crippen molar-refractivity contribution in [2.24, 2.45) is 11.0 Å². The molecule has 1 aliphatic carbocycles. The highest BCUT2D eigenvalue weighted by Crippen LogP contribution is 2.39. The molecule has 2 heterocycles. The largest absolute Gasteiger partial charge is 0.460 e. The van der Waals surface area contributed by atoms with E-state index in [4.69, 9.17) is 10.5 Å². The van der Waals surface area contributed by atoms with Gasteiger partial charge in [0.25, 0.3) is 5.91 Å². The molecule has 1 aliphatic heterocycles. The molecule has 0 radical (unpaired) electrons. The van der Waals surface area contributed by atoms with Crippen molar-refractivity contribution in [3.05, 3.63) is 29.0 Å². The van der Waals surface area contributed by atoms with Crippen molar-refractivity contribution in [1.82, 2.24) is 10.4 Å². The quantitative estimate of drug-likeness (QED) is 0.400. The molecule has 4 rings (SSSR count). The smallest absolute Gasteiger partial charge is 0.306 e. The van der Waals surface area contributed by atoms with Gasteiger partial charge < -0.3 is 15.5 Å². The normalized spacial score (nSPS) is 21.8. The molecule has 1 fully saturated rings. The molecule has 2 unspecified atom stereocenters. The number of nitrogens with zero attached hydrogens (tertiary/aromatic N) is 1. The van der Waals surface area contributed by atoms with E-state index in [-0.39, 0.29) is 11.9 Å². The lowest BCUT2D eigenvalue weighted by atomic mass is 9.91. The summed E-state index contributed by atoms with van der Waals surface area (Å²) in [6, 6.07) is 3.58. The second kappa shape index (κ2) is 7.78. The molecule has 0 saturated heterocycles. The van der Waals surface area contributed by atoms with Crippen molar-refractivity contribution in [2.75, 3.05) is 5.73 Å². The zero-order valence-corrected chi connectivity index (χ0v) is 17.9. The highest BCUT2D eigenvalue weighted by Gasteiger charge is 2.28. The third-order valence-corrected chi connectivity index (χ3v) is 5.97. The molecule has 1 saturated carbocycles. The van der Waals surface area contributed by atoms with Gasteiger partial charge in [0.1, 0.15) is 5.60 Å². The van der Waals surface area contributed by atoms with Gasteiger partial charge in [-0.3, -0.25) is 9.59 Å². The molecule has 2 atom stereocenters. The van der Waals surface area contributed by atoms with E-state index in [9.17, 15) is 9.59 Å². The molecule has 1 aromatic carbocycles. The number of ether oxygens (including phenoxy) is 1. The van der Waals surface area contributed by atoms with Crippen LogP contribution >= 0.6 is 0 Å². The van der Waals surface area contributed by atoms with Gasteiger partial charge in [-0.05, 0) is 70.4 Å². The van der Waals surface area contributed by atoms with Gasteiger partial charge in [0.05, 0.1) is 11.8 Å². The predicted octanol–water partition coefficient (Wildman–Crippen LogP) is 4.22. The molecule has 7 heteroatoms. The number of benzene rings is 1. The average Bonchev–Trinajstić information content (AvgIpc) is 2.77. The fourth-order valence-electron chi connectivity index (χ4n) is 4.74. The summed E-state index contributed by atoms with van der Waals surface area (Å²) in [6.07, 6.45) is 7.28. The molecule has 2 aromatic rings. The SMILES string of the molecule is CC(C)(C)OC(=O)CC1CCCC(c2[nH]c3cc(N)cc4c3c2C=NNC4=O)CC1. The van der Waals surface area contributed by atoms with Crippen molar-refractivity contribution in [3.8, 4) is 0 Å². The van der Waals surface area contributed by atoms with Gasteiger partial charge in [-0.15, -0.1) is 0 Å². The standard InChI is InChI=1S/C23H30N4O3/c1-23(2,3)30-19(28)9-13-5-4-6-14(8-7-13)21-17-12-25-27-22(29)16-10-15(24)11-18(26-21)20(16)17/h10-14,26H,4-9,24H2,1-3H3,(H,27,29). The van der Waals surface area contributed by atoms with E-state index in [1.165, 1.54) is 0 Å². The van der Waals surface area contributed by atoms with E-state index in [2.05, 4.69) is 15.5 Å². The number of esters is 1. The van der Waals surface area contributed by atoms with Crippen LogP contribution in [0.4, 0.5) is 5.69 Å². The van der Waals surface area contributed by atoms with Gasteiger partial charge in [0.2, 0.25) is 0 Å². The molecule has 30 heavy (non-hydrogen) atoms. The molecule has 7 nitrogen and oxygen atoms in total. The Morgan fingerprint density at radius 2 is 2.03 bits per heavy atom. The first kappa shape index (κ1) is 20.4. The minimum atomic E-state index is -0.444. The fraction of sp³-hybridized carbons (Fsp3) is 0.522. The summed E-state index contributed by atoms with van der Waals surface area (Å²) in [4.78, 5) is 28.2. The minimum Gasteiger partial charge on any atom is -0.460 e. The van der Waals surface area contributed by atoms with Crippen LogP contribution in [0.15, 0.2) is 17.2 Å². The molecular weight excluding hydrogens is 380 g/mol. The van der Waals surface area contributed by atoms with Crippen LogP contribution in [0.3, 0.4) is 0 Å². The number of nitrogens with two attached hydrogens (primary N) is 1. The molecule has 1 aromatic heterocycles. The van der Waals surface area contributed by atoms with Gasteiger partial charge >= 0.3 is 5.97 Å². The summed E-state index contributed by atoms with van der Waals surface area (Å²) in [5.41, 5.74) is 12.2. The maximum Gasteiger partial charge on any atom is 0.306 e. The summed E-state index contributed by atoms with van der Waals surface area (Å²) in [6.45, 7) is 5.71. The predicted molar refractivity (Wildman–Crippen MR) is 118 cm³/mol. The Morgan fingerprint density at radius 3 is 2.80 bits per heavy atom. The van der Waals surface area contributed by atoms with E-state index in [0.717, 1.165) is 54.3 Å². The van der Waals surface area contributed by atoms with Gasteiger partial charge in [-0.25, -0.2) is 5.43 Å². The number of carbonyl (C=O) groups excluding carboxylic acids is 2. The Kier molecular flexibility index (Phi) is 5.30. The Balaban J connectivity index is 1.56. The third-order valence-electron chi connectivity index (χ3n) is 5.97. The van der Waals surface area contributed by atoms with Crippen LogP contribution in [0.25, 0.3) is 10.9 Å². The Bertz CT molecular complexity index is 1020. The maximum absolute atomic E-state index is 12.4. The van der Waals surface area contributed by atoms with E-state index < -0.39 is 5.60 Å². The fourth-order valence-corrected chi connectivity index (χ4v) is 4.74. The first-order valence-electron chi connectivity index (χ1n) is 10.7. The summed E-state index contributed by atoms with van der Waals surface area (Å²) >= 11 is 0. The Hall–Kier alpha value is -2.83. The number of hydrogen-bond acceptors (Lipinski definition) is 5. The number of nitrogen functional groups attached to an aromatic ring is 1. The topological polar surface area (TPSA) is 110 Å². The minimum absolute atomic E-state index is 0.111. The van der Waals surface area contributed by atoms with E-state index in [1.54, 1.807) is 12.3 Å². The highest BCUT2D eigenvalue weighted by atomic mass is 16.6. The lowest BCUT2D eigenvalue weighted by Crippen LogP contribution is -2.25. The van der Waals surface area contributed by atoms with Crippen molar-refractivity contribution < 1.29 is 14.3 Å². The van der Waals surface area contributed by atoms with Crippen LogP contribution in [0.1, 0.15) is 86.8 Å². The lowest BCUT2D eigenvalue weighted by Gasteiger charge is -2.21. The Morgan fingerprint density at radius 1 is 1.23 bits per heavy atom. The van der Waals surface area contributed by atoms with Crippen molar-refractivity contribution in [1.29, 1.82) is 0 Å². The van der Waals surface area contributed by atoms with Crippen molar-refractivity contribution >= 4 is 34.7 Å². The van der Waals surface area contributed by atoms with Crippen LogP contribution in [0, 0.1) is 5.92 Å². The number of amides is 1. The molecule has 4 N–H and O–H groups in total. The number of rotatable bonds is 3. The van der Waals surface area contributed by atoms with Crippen molar-refractivity contribution in [2.45, 2.75) is 70.8 Å². The maximum atomic E-state index is 12.4. The summed E-state index contributed by atoms with van der Waals surface area (Å²) in [5.74, 6) is 0.312. The monoisotopic (exact) mass is 410 g/mol. The number of hydrazone groups is 1. The third kappa shape index (κ3) is 4.20. The number of aromatic amines is 1. The highest BCUT2D eigenvalue weighted by molar-refractivity contribution is 6.15. The number of anilines is 1. The van der Waals surface area contributed by atoms with Crippen LogP contribution in [-0.4, -0.2) is 28.7 Å². The van der Waals surface area contributed by atoms with Crippen LogP contribution < -0.4 is 11.2 Å². The van der Waals surface area contributed by atoms with Gasteiger partial charge in [0.15, 0.2) is 0 Å². The van der Waals surface area contributed by atoms with Crippen LogP contribution in [-0.2, 0) is 9.53 Å².